The van der Waals surface area contributed by atoms with Crippen molar-refractivity contribution in [3.05, 3.63) is 88.7 Å². The number of hydrogen-bond acceptors (Lipinski definition) is 4. The molecule has 3 rings (SSSR count). The first kappa shape index (κ1) is 21.7. The maximum atomic E-state index is 12.1. The molecule has 0 fully saturated rings. The summed E-state index contributed by atoms with van der Waals surface area (Å²) in [5, 5.41) is 3.62. The van der Waals surface area contributed by atoms with E-state index in [1.54, 1.807) is 18.5 Å². The Hall–Kier alpha value is -3.05. The molecule has 5 nitrogen and oxygen atoms in total. The highest BCUT2D eigenvalue weighted by atomic mass is 35.5. The number of aryl methyl sites for hydroxylation is 1. The van der Waals surface area contributed by atoms with E-state index in [0.717, 1.165) is 28.2 Å². The van der Waals surface area contributed by atoms with Crippen molar-refractivity contribution in [3.8, 4) is 11.5 Å². The van der Waals surface area contributed by atoms with Crippen molar-refractivity contribution in [2.75, 3.05) is 6.61 Å². The van der Waals surface area contributed by atoms with E-state index < -0.39 is 0 Å². The first-order valence-electron chi connectivity index (χ1n) is 9.86. The second kappa shape index (κ2) is 11.2. The lowest BCUT2D eigenvalue weighted by molar-refractivity contribution is -0.121. The molecule has 0 aliphatic carbocycles. The van der Waals surface area contributed by atoms with Gasteiger partial charge in [0.2, 0.25) is 5.91 Å². The van der Waals surface area contributed by atoms with E-state index in [1.807, 2.05) is 55.5 Å². The molecule has 0 aliphatic heterocycles. The van der Waals surface area contributed by atoms with E-state index in [0.29, 0.717) is 37.6 Å². The van der Waals surface area contributed by atoms with Crippen molar-refractivity contribution in [1.82, 2.24) is 10.3 Å². The monoisotopic (exact) mass is 424 g/mol. The highest BCUT2D eigenvalue weighted by Gasteiger charge is 2.04. The zero-order chi connectivity index (χ0) is 21.2. The quantitative estimate of drug-likeness (QED) is 0.460. The number of carbonyl (C=O) groups is 1. The number of hydrogen-bond donors (Lipinski definition) is 1. The van der Waals surface area contributed by atoms with E-state index in [-0.39, 0.29) is 5.91 Å². The molecule has 2 aromatic carbocycles. The van der Waals surface area contributed by atoms with Crippen LogP contribution in [0, 0.1) is 6.92 Å². The number of nitrogens with one attached hydrogen (secondary N) is 1. The van der Waals surface area contributed by atoms with Crippen LogP contribution in [-0.4, -0.2) is 17.5 Å². The van der Waals surface area contributed by atoms with Gasteiger partial charge in [-0.05, 0) is 60.9 Å². The van der Waals surface area contributed by atoms with Crippen LogP contribution in [0.2, 0.25) is 5.02 Å². The van der Waals surface area contributed by atoms with Crippen molar-refractivity contribution in [2.24, 2.45) is 0 Å². The number of ether oxygens (including phenoxy) is 2. The van der Waals surface area contributed by atoms with Gasteiger partial charge in [-0.25, -0.2) is 0 Å². The Kier molecular flexibility index (Phi) is 8.10. The lowest BCUT2D eigenvalue weighted by Crippen LogP contribution is -2.22. The van der Waals surface area contributed by atoms with Crippen molar-refractivity contribution < 1.29 is 14.3 Å². The number of amides is 1. The van der Waals surface area contributed by atoms with Crippen molar-refractivity contribution in [2.45, 2.75) is 32.9 Å². The van der Waals surface area contributed by atoms with Crippen LogP contribution in [0.1, 0.15) is 29.5 Å². The first-order chi connectivity index (χ1) is 14.6. The average Bonchev–Trinajstić information content (AvgIpc) is 2.76. The number of rotatable bonds is 10. The minimum Gasteiger partial charge on any atom is -0.493 e. The summed E-state index contributed by atoms with van der Waals surface area (Å²) in [6.07, 6.45) is 4.58. The van der Waals surface area contributed by atoms with Gasteiger partial charge in [0.25, 0.3) is 0 Å². The fraction of sp³-hybridized carbons (Fsp3) is 0.250. The molecule has 0 saturated heterocycles. The lowest BCUT2D eigenvalue weighted by Gasteiger charge is -2.10. The Morgan fingerprint density at radius 2 is 1.90 bits per heavy atom. The van der Waals surface area contributed by atoms with Gasteiger partial charge in [0.05, 0.1) is 6.61 Å². The van der Waals surface area contributed by atoms with Gasteiger partial charge in [0.1, 0.15) is 18.1 Å². The van der Waals surface area contributed by atoms with Crippen LogP contribution >= 0.6 is 11.6 Å². The van der Waals surface area contributed by atoms with E-state index in [9.17, 15) is 4.79 Å². The number of benzene rings is 2. The van der Waals surface area contributed by atoms with Gasteiger partial charge >= 0.3 is 0 Å². The largest absolute Gasteiger partial charge is 0.493 e. The van der Waals surface area contributed by atoms with Crippen LogP contribution in [0.4, 0.5) is 0 Å². The van der Waals surface area contributed by atoms with Gasteiger partial charge in [0, 0.05) is 35.9 Å². The Labute approximate surface area is 182 Å². The first-order valence-corrected chi connectivity index (χ1v) is 10.2. The molecule has 1 aromatic heterocycles. The van der Waals surface area contributed by atoms with Gasteiger partial charge in [-0.1, -0.05) is 29.8 Å². The SMILES string of the molecule is Cc1cc(Cl)ccc1OCCCC(=O)NCc1ccc(OCc2cccnc2)cc1. The molecule has 1 amide bonds. The van der Waals surface area contributed by atoms with Crippen LogP contribution in [-0.2, 0) is 17.9 Å². The smallest absolute Gasteiger partial charge is 0.220 e. The topological polar surface area (TPSA) is 60.5 Å². The molecule has 0 spiro atoms. The second-order valence-electron chi connectivity index (χ2n) is 6.93. The Balaban J connectivity index is 1.33. The summed E-state index contributed by atoms with van der Waals surface area (Å²) < 4.78 is 11.5. The highest BCUT2D eigenvalue weighted by Crippen LogP contribution is 2.22. The summed E-state index contributed by atoms with van der Waals surface area (Å²) in [4.78, 5) is 16.1. The molecule has 1 heterocycles. The number of nitrogens with zero attached hydrogens (tertiary/aromatic N) is 1. The molecule has 3 aromatic rings. The molecule has 1 N–H and O–H groups in total. The Morgan fingerprint density at radius 3 is 2.63 bits per heavy atom. The van der Waals surface area contributed by atoms with Crippen LogP contribution in [0.15, 0.2) is 67.0 Å². The van der Waals surface area contributed by atoms with Gasteiger partial charge in [-0.3, -0.25) is 9.78 Å². The predicted octanol–water partition coefficient (Wildman–Crippen LogP) is 5.10. The van der Waals surface area contributed by atoms with E-state index in [1.165, 1.54) is 0 Å². The van der Waals surface area contributed by atoms with Crippen molar-refractivity contribution in [3.63, 3.8) is 0 Å². The number of halogens is 1. The standard InChI is InChI=1S/C24H25ClN2O3/c1-18-14-21(25)8-11-23(18)29-13-3-5-24(28)27-16-19-6-9-22(10-7-19)30-17-20-4-2-12-26-15-20/h2,4,6-12,14-15H,3,5,13,16-17H2,1H3,(H,27,28). The summed E-state index contributed by atoms with van der Waals surface area (Å²) >= 11 is 5.94. The fourth-order valence-corrected chi connectivity index (χ4v) is 3.06. The summed E-state index contributed by atoms with van der Waals surface area (Å²) in [6.45, 7) is 3.39. The maximum Gasteiger partial charge on any atom is 0.220 e. The molecule has 0 bridgehead atoms. The minimum atomic E-state index is 0.00309. The highest BCUT2D eigenvalue weighted by molar-refractivity contribution is 6.30. The molecule has 0 aliphatic rings. The predicted molar refractivity (Wildman–Crippen MR) is 118 cm³/mol. The number of carbonyl (C=O) groups excluding carboxylic acids is 1. The molecule has 30 heavy (non-hydrogen) atoms. The number of pyridine rings is 1. The van der Waals surface area contributed by atoms with Crippen molar-refractivity contribution in [1.29, 1.82) is 0 Å². The number of aromatic nitrogens is 1. The molecule has 0 radical (unpaired) electrons. The summed E-state index contributed by atoms with van der Waals surface area (Å²) in [5.74, 6) is 1.58. The third kappa shape index (κ3) is 7.08. The van der Waals surface area contributed by atoms with Crippen LogP contribution in [0.25, 0.3) is 0 Å². The van der Waals surface area contributed by atoms with Crippen LogP contribution < -0.4 is 14.8 Å². The second-order valence-corrected chi connectivity index (χ2v) is 7.37. The summed E-state index contributed by atoms with van der Waals surface area (Å²) in [5.41, 5.74) is 3.02. The van der Waals surface area contributed by atoms with E-state index >= 15 is 0 Å². The molecular weight excluding hydrogens is 400 g/mol. The van der Waals surface area contributed by atoms with Gasteiger partial charge in [-0.2, -0.15) is 0 Å². The zero-order valence-corrected chi connectivity index (χ0v) is 17.7. The maximum absolute atomic E-state index is 12.1. The van der Waals surface area contributed by atoms with E-state index in [2.05, 4.69) is 10.3 Å². The van der Waals surface area contributed by atoms with Gasteiger partial charge in [-0.15, -0.1) is 0 Å². The summed E-state index contributed by atoms with van der Waals surface area (Å²) in [6, 6.07) is 17.1. The third-order valence-electron chi connectivity index (χ3n) is 4.48. The molecule has 0 atom stereocenters. The Bertz CT molecular complexity index is 946. The van der Waals surface area contributed by atoms with Crippen LogP contribution in [0.5, 0.6) is 11.5 Å². The third-order valence-corrected chi connectivity index (χ3v) is 4.72. The molecule has 6 heteroatoms. The fourth-order valence-electron chi connectivity index (χ4n) is 2.83. The van der Waals surface area contributed by atoms with Gasteiger partial charge in [0.15, 0.2) is 0 Å². The minimum absolute atomic E-state index is 0.00309. The lowest BCUT2D eigenvalue weighted by atomic mass is 10.2. The zero-order valence-electron chi connectivity index (χ0n) is 16.9. The normalized spacial score (nSPS) is 10.5. The van der Waals surface area contributed by atoms with E-state index in [4.69, 9.17) is 21.1 Å². The molecular formula is C24H25ClN2O3. The molecule has 156 valence electrons. The molecule has 0 saturated carbocycles. The van der Waals surface area contributed by atoms with Crippen LogP contribution in [0.3, 0.4) is 0 Å². The van der Waals surface area contributed by atoms with Crippen molar-refractivity contribution >= 4 is 17.5 Å². The Morgan fingerprint density at radius 1 is 1.07 bits per heavy atom. The summed E-state index contributed by atoms with van der Waals surface area (Å²) in [7, 11) is 0. The molecule has 0 unspecified atom stereocenters. The van der Waals surface area contributed by atoms with Gasteiger partial charge < -0.3 is 14.8 Å². The average molecular weight is 425 g/mol.